The molecule has 1 unspecified atom stereocenters. The number of ether oxygens (including phenoxy) is 1. The Morgan fingerprint density at radius 1 is 1.20 bits per heavy atom. The van der Waals surface area contributed by atoms with Crippen molar-refractivity contribution >= 4 is 29.9 Å². The molecular weight excluding hydrogens is 491 g/mol. The highest BCUT2D eigenvalue weighted by molar-refractivity contribution is 14.0. The summed E-state index contributed by atoms with van der Waals surface area (Å²) in [4.78, 5) is 7.46. The van der Waals surface area contributed by atoms with Crippen LogP contribution >= 0.6 is 24.0 Å². The highest BCUT2D eigenvalue weighted by Crippen LogP contribution is 2.27. The zero-order chi connectivity index (χ0) is 20.3. The van der Waals surface area contributed by atoms with Crippen molar-refractivity contribution in [3.63, 3.8) is 0 Å². The molecule has 1 aliphatic heterocycles. The van der Waals surface area contributed by atoms with E-state index in [1.165, 1.54) is 18.4 Å². The number of aromatic nitrogens is 2. The third-order valence-electron chi connectivity index (χ3n) is 5.26. The van der Waals surface area contributed by atoms with Gasteiger partial charge in [0, 0.05) is 32.0 Å². The van der Waals surface area contributed by atoms with E-state index in [1.54, 1.807) is 7.11 Å². The summed E-state index contributed by atoms with van der Waals surface area (Å²) in [6.07, 6.45) is 7.34. The lowest BCUT2D eigenvalue weighted by molar-refractivity contribution is 0.251. The van der Waals surface area contributed by atoms with E-state index in [0.29, 0.717) is 6.04 Å². The van der Waals surface area contributed by atoms with Crippen LogP contribution in [-0.4, -0.2) is 60.5 Å². The van der Waals surface area contributed by atoms with E-state index in [0.717, 1.165) is 57.4 Å². The Labute approximate surface area is 197 Å². The average Bonchev–Trinajstić information content (AvgIpc) is 3.46. The van der Waals surface area contributed by atoms with Gasteiger partial charge in [0.2, 0.25) is 0 Å². The van der Waals surface area contributed by atoms with Gasteiger partial charge in [0.05, 0.1) is 19.7 Å². The first-order valence-corrected chi connectivity index (χ1v) is 10.7. The van der Waals surface area contributed by atoms with Gasteiger partial charge in [-0.3, -0.25) is 14.6 Å². The van der Waals surface area contributed by atoms with Crippen LogP contribution in [0.3, 0.4) is 0 Å². The summed E-state index contributed by atoms with van der Waals surface area (Å²) in [6, 6.07) is 10.7. The van der Waals surface area contributed by atoms with Gasteiger partial charge >= 0.3 is 0 Å². The Morgan fingerprint density at radius 3 is 2.60 bits per heavy atom. The Hall–Kier alpha value is -1.81. The molecule has 8 heteroatoms. The zero-order valence-corrected chi connectivity index (χ0v) is 20.4. The van der Waals surface area contributed by atoms with Crippen LogP contribution in [0.15, 0.2) is 47.7 Å². The van der Waals surface area contributed by atoms with Gasteiger partial charge in [-0.2, -0.15) is 5.10 Å². The van der Waals surface area contributed by atoms with Crippen molar-refractivity contribution in [2.75, 3.05) is 39.8 Å². The lowest BCUT2D eigenvalue weighted by Crippen LogP contribution is -2.39. The van der Waals surface area contributed by atoms with Crippen molar-refractivity contribution < 1.29 is 4.74 Å². The van der Waals surface area contributed by atoms with Crippen LogP contribution in [0.4, 0.5) is 0 Å². The lowest BCUT2D eigenvalue weighted by atomic mass is 10.1. The van der Waals surface area contributed by atoms with Gasteiger partial charge < -0.3 is 15.4 Å². The van der Waals surface area contributed by atoms with Crippen LogP contribution < -0.4 is 15.4 Å². The Morgan fingerprint density at radius 2 is 1.97 bits per heavy atom. The maximum Gasteiger partial charge on any atom is 0.191 e. The van der Waals surface area contributed by atoms with Crippen molar-refractivity contribution in [1.82, 2.24) is 25.3 Å². The Bertz CT molecular complexity index is 729. The van der Waals surface area contributed by atoms with Crippen LogP contribution in [-0.2, 0) is 6.54 Å². The first-order valence-electron chi connectivity index (χ1n) is 10.7. The second kappa shape index (κ2) is 13.5. The highest BCUT2D eigenvalue weighted by Gasteiger charge is 2.23. The number of nitrogens with one attached hydrogen (secondary N) is 2. The molecule has 1 aromatic heterocycles. The highest BCUT2D eigenvalue weighted by atomic mass is 127. The fourth-order valence-corrected chi connectivity index (χ4v) is 3.71. The molecule has 1 saturated heterocycles. The van der Waals surface area contributed by atoms with Crippen LogP contribution in [0, 0.1) is 0 Å². The van der Waals surface area contributed by atoms with Crippen molar-refractivity contribution in [3.8, 4) is 5.75 Å². The normalized spacial score (nSPS) is 15.5. The van der Waals surface area contributed by atoms with Crippen LogP contribution in [0.5, 0.6) is 5.75 Å². The molecule has 0 saturated carbocycles. The molecule has 30 heavy (non-hydrogen) atoms. The summed E-state index contributed by atoms with van der Waals surface area (Å²) < 4.78 is 7.28. The standard InChI is InChI=1S/C22H34N6O.HI/c1-3-23-22(24-12-6-16-28-17-7-13-26-28)25-18-21(27-14-4-5-15-27)19-8-10-20(29-2)11-9-19;/h7-11,13,17,21H,3-6,12,14-16,18H2,1-2H3,(H2,23,24,25);1H. The second-order valence-corrected chi connectivity index (χ2v) is 7.30. The molecule has 0 aliphatic carbocycles. The minimum Gasteiger partial charge on any atom is -0.497 e. The summed E-state index contributed by atoms with van der Waals surface area (Å²) in [7, 11) is 1.71. The fraction of sp³-hybridized carbons (Fsp3) is 0.545. The average molecular weight is 526 g/mol. The summed E-state index contributed by atoms with van der Waals surface area (Å²) in [5.74, 6) is 1.77. The number of hydrogen-bond acceptors (Lipinski definition) is 4. The molecule has 1 aromatic carbocycles. The van der Waals surface area contributed by atoms with Crippen molar-refractivity contribution in [2.45, 2.75) is 38.8 Å². The number of rotatable bonds is 10. The summed E-state index contributed by atoms with van der Waals surface area (Å²) in [5, 5.41) is 11.1. The van der Waals surface area contributed by atoms with E-state index < -0.39 is 0 Å². The maximum absolute atomic E-state index is 5.32. The largest absolute Gasteiger partial charge is 0.497 e. The SMILES string of the molecule is CCNC(=NCC(c1ccc(OC)cc1)N1CCCC1)NCCCn1cccn1.I. The number of nitrogens with zero attached hydrogens (tertiary/aromatic N) is 4. The number of aliphatic imine (C=N–C) groups is 1. The molecule has 0 bridgehead atoms. The van der Waals surface area contributed by atoms with Crippen LogP contribution in [0.2, 0.25) is 0 Å². The number of benzene rings is 1. The molecule has 2 heterocycles. The molecule has 0 spiro atoms. The molecule has 1 atom stereocenters. The van der Waals surface area contributed by atoms with E-state index in [9.17, 15) is 0 Å². The molecule has 2 N–H and O–H groups in total. The topological polar surface area (TPSA) is 66.7 Å². The first kappa shape index (κ1) is 24.5. The summed E-state index contributed by atoms with van der Waals surface area (Å²) in [5.41, 5.74) is 1.30. The summed E-state index contributed by atoms with van der Waals surface area (Å²) in [6.45, 7) is 7.73. The van der Waals surface area contributed by atoms with E-state index in [-0.39, 0.29) is 24.0 Å². The molecule has 0 amide bonds. The van der Waals surface area contributed by atoms with Crippen molar-refractivity contribution in [2.24, 2.45) is 4.99 Å². The number of hydrogen-bond donors (Lipinski definition) is 2. The number of aryl methyl sites for hydroxylation is 1. The van der Waals surface area contributed by atoms with E-state index in [4.69, 9.17) is 9.73 Å². The predicted molar refractivity (Wildman–Crippen MR) is 133 cm³/mol. The van der Waals surface area contributed by atoms with Crippen molar-refractivity contribution in [3.05, 3.63) is 48.3 Å². The maximum atomic E-state index is 5.32. The van der Waals surface area contributed by atoms with Gasteiger partial charge in [0.1, 0.15) is 5.75 Å². The monoisotopic (exact) mass is 526 g/mol. The van der Waals surface area contributed by atoms with E-state index >= 15 is 0 Å². The molecular formula is C22H35IN6O. The third-order valence-corrected chi connectivity index (χ3v) is 5.26. The molecule has 3 rings (SSSR count). The number of likely N-dealkylation sites (tertiary alicyclic amines) is 1. The van der Waals surface area contributed by atoms with Gasteiger partial charge in [0.25, 0.3) is 0 Å². The molecule has 1 aliphatic rings. The first-order chi connectivity index (χ1) is 14.3. The third kappa shape index (κ3) is 7.46. The molecule has 2 aromatic rings. The fourth-order valence-electron chi connectivity index (χ4n) is 3.71. The van der Waals surface area contributed by atoms with E-state index in [2.05, 4.69) is 39.7 Å². The van der Waals surface area contributed by atoms with Crippen LogP contribution in [0.25, 0.3) is 0 Å². The van der Waals surface area contributed by atoms with Gasteiger partial charge in [0.15, 0.2) is 5.96 Å². The van der Waals surface area contributed by atoms with Gasteiger partial charge in [-0.1, -0.05) is 12.1 Å². The van der Waals surface area contributed by atoms with E-state index in [1.807, 2.05) is 35.3 Å². The van der Waals surface area contributed by atoms with Gasteiger partial charge in [-0.15, -0.1) is 24.0 Å². The molecule has 7 nitrogen and oxygen atoms in total. The van der Waals surface area contributed by atoms with Gasteiger partial charge in [-0.05, 0) is 63.0 Å². The van der Waals surface area contributed by atoms with Crippen molar-refractivity contribution in [1.29, 1.82) is 0 Å². The second-order valence-electron chi connectivity index (χ2n) is 7.30. The number of methoxy groups -OCH3 is 1. The smallest absolute Gasteiger partial charge is 0.191 e. The number of halogens is 1. The zero-order valence-electron chi connectivity index (χ0n) is 18.1. The van der Waals surface area contributed by atoms with Gasteiger partial charge in [-0.25, -0.2) is 0 Å². The molecule has 166 valence electrons. The minimum absolute atomic E-state index is 0. The lowest BCUT2D eigenvalue weighted by Gasteiger charge is -2.27. The Balaban J connectivity index is 0.00000320. The molecule has 0 radical (unpaired) electrons. The summed E-state index contributed by atoms with van der Waals surface area (Å²) >= 11 is 0. The molecule has 1 fully saturated rings. The minimum atomic E-state index is 0. The quantitative estimate of drug-likeness (QED) is 0.215. The predicted octanol–water partition coefficient (Wildman–Crippen LogP) is 3.29. The van der Waals surface area contributed by atoms with Crippen LogP contribution in [0.1, 0.15) is 37.8 Å². The number of guanidine groups is 1. The Kier molecular flexibility index (Phi) is 11.0.